The van der Waals surface area contributed by atoms with Crippen molar-refractivity contribution in [1.29, 1.82) is 0 Å². The van der Waals surface area contributed by atoms with Crippen LogP contribution in [0.2, 0.25) is 0 Å². The maximum absolute atomic E-state index is 12.5. The standard InChI is InChI=1S/C23H28BrN3O4S2/c1-3-5-6-7-15-31-21-13-8-17(16-20(21)24)22(28)27-23(32)26-18-9-11-19(12-10-18)33(29,30)25-14-4-2/h4,8-13,16,25H,2-3,5-7,14-15H2,1H3,(H2,26,27,28,32). The summed E-state index contributed by atoms with van der Waals surface area (Å²) in [5.74, 6) is 0.303. The normalized spacial score (nSPS) is 11.0. The number of unbranched alkanes of at least 4 members (excludes halogenated alkanes) is 3. The number of halogens is 1. The van der Waals surface area contributed by atoms with Crippen LogP contribution in [-0.4, -0.2) is 32.6 Å². The second kappa shape index (κ2) is 13.4. The van der Waals surface area contributed by atoms with Crippen molar-refractivity contribution in [3.05, 3.63) is 65.2 Å². The van der Waals surface area contributed by atoms with Gasteiger partial charge in [0.2, 0.25) is 10.0 Å². The van der Waals surface area contributed by atoms with E-state index in [1.807, 2.05) is 0 Å². The highest BCUT2D eigenvalue weighted by Gasteiger charge is 2.14. The number of nitrogens with one attached hydrogen (secondary N) is 3. The maximum atomic E-state index is 12.5. The highest BCUT2D eigenvalue weighted by Crippen LogP contribution is 2.26. The Kier molecular flexibility index (Phi) is 11.0. The molecule has 7 nitrogen and oxygen atoms in total. The summed E-state index contributed by atoms with van der Waals surface area (Å²) >= 11 is 8.65. The Morgan fingerprint density at radius 2 is 1.88 bits per heavy atom. The van der Waals surface area contributed by atoms with E-state index in [9.17, 15) is 13.2 Å². The summed E-state index contributed by atoms with van der Waals surface area (Å²) in [6.07, 6.45) is 5.94. The Hall–Kier alpha value is -2.27. The van der Waals surface area contributed by atoms with Gasteiger partial charge in [0, 0.05) is 17.8 Å². The summed E-state index contributed by atoms with van der Waals surface area (Å²) in [4.78, 5) is 12.6. The number of ether oxygens (including phenoxy) is 1. The monoisotopic (exact) mass is 553 g/mol. The van der Waals surface area contributed by atoms with E-state index in [4.69, 9.17) is 17.0 Å². The van der Waals surface area contributed by atoms with Crippen LogP contribution in [0.15, 0.2) is 64.5 Å². The molecule has 0 saturated heterocycles. The van der Waals surface area contributed by atoms with Gasteiger partial charge in [-0.2, -0.15) is 0 Å². The lowest BCUT2D eigenvalue weighted by Gasteiger charge is -2.12. The molecule has 0 atom stereocenters. The van der Waals surface area contributed by atoms with E-state index in [2.05, 4.69) is 44.8 Å². The van der Waals surface area contributed by atoms with Crippen molar-refractivity contribution in [2.45, 2.75) is 37.5 Å². The van der Waals surface area contributed by atoms with E-state index >= 15 is 0 Å². The topological polar surface area (TPSA) is 96.5 Å². The Bertz CT molecular complexity index is 1070. The van der Waals surface area contributed by atoms with Crippen LogP contribution >= 0.6 is 28.1 Å². The summed E-state index contributed by atoms with van der Waals surface area (Å²) < 4.78 is 33.1. The number of hydrogen-bond donors (Lipinski definition) is 3. The Morgan fingerprint density at radius 1 is 1.15 bits per heavy atom. The number of amides is 1. The molecule has 10 heteroatoms. The van der Waals surface area contributed by atoms with Gasteiger partial charge in [-0.1, -0.05) is 32.3 Å². The van der Waals surface area contributed by atoms with Gasteiger partial charge in [0.15, 0.2) is 5.11 Å². The van der Waals surface area contributed by atoms with Crippen LogP contribution < -0.4 is 20.1 Å². The molecule has 0 saturated carbocycles. The van der Waals surface area contributed by atoms with Crippen LogP contribution in [0.4, 0.5) is 5.69 Å². The number of carbonyl (C=O) groups excluding carboxylic acids is 1. The second-order valence-corrected chi connectivity index (χ2v) is 10.2. The van der Waals surface area contributed by atoms with E-state index in [1.165, 1.54) is 31.1 Å². The summed E-state index contributed by atoms with van der Waals surface area (Å²) in [5.41, 5.74) is 0.954. The molecule has 2 rings (SSSR count). The molecule has 33 heavy (non-hydrogen) atoms. The number of thiocarbonyl (C=S) groups is 1. The molecular formula is C23H28BrN3O4S2. The van der Waals surface area contributed by atoms with Crippen molar-refractivity contribution in [3.8, 4) is 5.75 Å². The van der Waals surface area contributed by atoms with Gasteiger partial charge in [-0.05, 0) is 77.0 Å². The molecule has 0 aliphatic carbocycles. The molecule has 0 bridgehead atoms. The highest BCUT2D eigenvalue weighted by molar-refractivity contribution is 9.10. The first-order valence-electron chi connectivity index (χ1n) is 10.5. The maximum Gasteiger partial charge on any atom is 0.257 e. The fraction of sp³-hybridized carbons (Fsp3) is 0.304. The quantitative estimate of drug-likeness (QED) is 0.194. The van der Waals surface area contributed by atoms with Gasteiger partial charge < -0.3 is 10.1 Å². The summed E-state index contributed by atoms with van der Waals surface area (Å²) in [6, 6.07) is 11.1. The van der Waals surface area contributed by atoms with Gasteiger partial charge in [0.1, 0.15) is 5.75 Å². The number of rotatable bonds is 12. The van der Waals surface area contributed by atoms with Gasteiger partial charge in [-0.3, -0.25) is 10.1 Å². The Labute approximate surface area is 209 Å². The van der Waals surface area contributed by atoms with E-state index in [0.717, 1.165) is 12.8 Å². The van der Waals surface area contributed by atoms with Crippen molar-refractivity contribution in [2.75, 3.05) is 18.5 Å². The molecule has 0 unspecified atom stereocenters. The number of benzene rings is 2. The molecule has 3 N–H and O–H groups in total. The van der Waals surface area contributed by atoms with Crippen LogP contribution in [0.25, 0.3) is 0 Å². The number of anilines is 1. The van der Waals surface area contributed by atoms with E-state index in [1.54, 1.807) is 30.3 Å². The molecule has 0 radical (unpaired) electrons. The average molecular weight is 555 g/mol. The molecular weight excluding hydrogens is 526 g/mol. The first-order chi connectivity index (χ1) is 15.8. The fourth-order valence-electron chi connectivity index (χ4n) is 2.78. The molecule has 0 fully saturated rings. The lowest BCUT2D eigenvalue weighted by atomic mass is 10.2. The average Bonchev–Trinajstić information content (AvgIpc) is 2.78. The molecule has 0 aromatic heterocycles. The summed E-state index contributed by atoms with van der Waals surface area (Å²) in [5, 5.41) is 5.57. The Balaban J connectivity index is 1.90. The van der Waals surface area contributed by atoms with Gasteiger partial charge in [-0.25, -0.2) is 13.1 Å². The predicted octanol–water partition coefficient (Wildman–Crippen LogP) is 5.00. The minimum absolute atomic E-state index is 0.0905. The third-order valence-corrected chi connectivity index (χ3v) is 6.78. The zero-order chi connectivity index (χ0) is 24.3. The van der Waals surface area contributed by atoms with Crippen LogP contribution in [0.3, 0.4) is 0 Å². The molecule has 0 spiro atoms. The van der Waals surface area contributed by atoms with E-state index < -0.39 is 10.0 Å². The van der Waals surface area contributed by atoms with Crippen molar-refractivity contribution < 1.29 is 17.9 Å². The number of sulfonamides is 1. The molecule has 178 valence electrons. The zero-order valence-corrected chi connectivity index (χ0v) is 21.6. The predicted molar refractivity (Wildman–Crippen MR) is 139 cm³/mol. The summed E-state index contributed by atoms with van der Waals surface area (Å²) in [7, 11) is -3.61. The Morgan fingerprint density at radius 3 is 2.52 bits per heavy atom. The minimum Gasteiger partial charge on any atom is -0.492 e. The van der Waals surface area contributed by atoms with Gasteiger partial charge >= 0.3 is 0 Å². The lowest BCUT2D eigenvalue weighted by Crippen LogP contribution is -2.34. The molecule has 2 aromatic carbocycles. The van der Waals surface area contributed by atoms with E-state index in [-0.39, 0.29) is 22.5 Å². The van der Waals surface area contributed by atoms with Crippen LogP contribution in [0.1, 0.15) is 43.0 Å². The van der Waals surface area contributed by atoms with Crippen LogP contribution in [0.5, 0.6) is 5.75 Å². The third kappa shape index (κ3) is 8.88. The zero-order valence-electron chi connectivity index (χ0n) is 18.4. The summed E-state index contributed by atoms with van der Waals surface area (Å²) in [6.45, 7) is 6.41. The molecule has 2 aromatic rings. The second-order valence-electron chi connectivity index (χ2n) is 7.13. The minimum atomic E-state index is -3.61. The molecule has 0 aliphatic heterocycles. The lowest BCUT2D eigenvalue weighted by molar-refractivity contribution is 0.0977. The largest absolute Gasteiger partial charge is 0.492 e. The van der Waals surface area contributed by atoms with Crippen molar-refractivity contribution in [3.63, 3.8) is 0 Å². The van der Waals surface area contributed by atoms with Gasteiger partial charge in [0.05, 0.1) is 16.0 Å². The third-order valence-electron chi connectivity index (χ3n) is 4.52. The first-order valence-corrected chi connectivity index (χ1v) is 13.2. The van der Waals surface area contributed by atoms with Crippen LogP contribution in [-0.2, 0) is 10.0 Å². The van der Waals surface area contributed by atoms with Crippen molar-refractivity contribution in [1.82, 2.24) is 10.0 Å². The molecule has 0 heterocycles. The van der Waals surface area contributed by atoms with Crippen molar-refractivity contribution in [2.24, 2.45) is 0 Å². The smallest absolute Gasteiger partial charge is 0.257 e. The molecule has 0 aliphatic rings. The van der Waals surface area contributed by atoms with Crippen molar-refractivity contribution >= 4 is 54.9 Å². The SMILES string of the molecule is C=CCNS(=O)(=O)c1ccc(NC(=S)NC(=O)c2ccc(OCCCCCC)c(Br)c2)cc1. The molecule has 1 amide bonds. The van der Waals surface area contributed by atoms with E-state index in [0.29, 0.717) is 28.1 Å². The number of carbonyl (C=O) groups is 1. The van der Waals surface area contributed by atoms with Gasteiger partial charge in [-0.15, -0.1) is 6.58 Å². The first kappa shape index (κ1) is 27.0. The van der Waals surface area contributed by atoms with Gasteiger partial charge in [0.25, 0.3) is 5.91 Å². The highest BCUT2D eigenvalue weighted by atomic mass is 79.9. The fourth-order valence-corrected chi connectivity index (χ4v) is 4.48. The number of hydrogen-bond acceptors (Lipinski definition) is 5. The van der Waals surface area contributed by atoms with Crippen LogP contribution in [0, 0.1) is 0 Å².